The normalized spacial score (nSPS) is 17.5. The van der Waals surface area contributed by atoms with Crippen molar-refractivity contribution >= 4 is 17.6 Å². The molecule has 0 aliphatic carbocycles. The van der Waals surface area contributed by atoms with E-state index in [-0.39, 0.29) is 23.5 Å². The molecule has 3 nitrogen and oxygen atoms in total. The van der Waals surface area contributed by atoms with Gasteiger partial charge in [0.05, 0.1) is 18.1 Å². The lowest BCUT2D eigenvalue weighted by Gasteiger charge is -2.34. The lowest BCUT2D eigenvalue weighted by Crippen LogP contribution is -2.35. The standard InChI is InChI=1S/C16H21ClFNO2/c1-2-21-16(20)11-15(19-8-4-3-5-9-19)12-6-7-14(18)13(17)10-12/h6-7,10,15H,2-5,8-9,11H2,1H3. The van der Waals surface area contributed by atoms with E-state index in [1.807, 2.05) is 0 Å². The van der Waals surface area contributed by atoms with Crippen LogP contribution in [0.25, 0.3) is 0 Å². The van der Waals surface area contributed by atoms with Crippen LogP contribution in [-0.2, 0) is 9.53 Å². The van der Waals surface area contributed by atoms with E-state index in [0.717, 1.165) is 31.5 Å². The number of rotatable bonds is 5. The summed E-state index contributed by atoms with van der Waals surface area (Å²) in [6.45, 7) is 4.05. The van der Waals surface area contributed by atoms with Crippen molar-refractivity contribution in [1.82, 2.24) is 4.90 Å². The molecule has 1 fully saturated rings. The topological polar surface area (TPSA) is 29.5 Å². The summed E-state index contributed by atoms with van der Waals surface area (Å²) in [5.74, 6) is -0.664. The van der Waals surface area contributed by atoms with Crippen molar-refractivity contribution in [2.75, 3.05) is 19.7 Å². The summed E-state index contributed by atoms with van der Waals surface area (Å²) < 4.78 is 18.4. The van der Waals surface area contributed by atoms with Crippen molar-refractivity contribution in [3.05, 3.63) is 34.6 Å². The van der Waals surface area contributed by atoms with E-state index in [1.54, 1.807) is 19.1 Å². The highest BCUT2D eigenvalue weighted by atomic mass is 35.5. The third-order valence-electron chi connectivity index (χ3n) is 3.83. The molecule has 0 aromatic heterocycles. The Kier molecular flexibility index (Phi) is 6.00. The molecule has 1 unspecified atom stereocenters. The van der Waals surface area contributed by atoms with Gasteiger partial charge < -0.3 is 4.74 Å². The Morgan fingerprint density at radius 2 is 2.10 bits per heavy atom. The van der Waals surface area contributed by atoms with E-state index in [0.29, 0.717) is 6.61 Å². The lowest BCUT2D eigenvalue weighted by molar-refractivity contribution is -0.144. The number of carbonyl (C=O) groups excluding carboxylic acids is 1. The monoisotopic (exact) mass is 313 g/mol. The van der Waals surface area contributed by atoms with Gasteiger partial charge in [-0.25, -0.2) is 4.39 Å². The van der Waals surface area contributed by atoms with Gasteiger partial charge >= 0.3 is 5.97 Å². The van der Waals surface area contributed by atoms with E-state index in [9.17, 15) is 9.18 Å². The molecule has 0 bridgehead atoms. The molecule has 2 rings (SSSR count). The van der Waals surface area contributed by atoms with Gasteiger partial charge in [-0.1, -0.05) is 24.1 Å². The molecule has 0 radical (unpaired) electrons. The third kappa shape index (κ3) is 4.42. The molecule has 0 saturated carbocycles. The Labute approximate surface area is 130 Å². The summed E-state index contributed by atoms with van der Waals surface area (Å²) in [4.78, 5) is 14.1. The van der Waals surface area contributed by atoms with Gasteiger partial charge in [-0.15, -0.1) is 0 Å². The first-order valence-electron chi connectivity index (χ1n) is 7.46. The van der Waals surface area contributed by atoms with E-state index >= 15 is 0 Å². The number of halogens is 2. The Bertz CT molecular complexity index is 489. The van der Waals surface area contributed by atoms with Gasteiger partial charge in [-0.2, -0.15) is 0 Å². The van der Waals surface area contributed by atoms with E-state index in [2.05, 4.69) is 4.90 Å². The molecule has 1 heterocycles. The van der Waals surface area contributed by atoms with Crippen molar-refractivity contribution in [1.29, 1.82) is 0 Å². The molecule has 21 heavy (non-hydrogen) atoms. The fourth-order valence-corrected chi connectivity index (χ4v) is 2.97. The van der Waals surface area contributed by atoms with Crippen LogP contribution in [0.15, 0.2) is 18.2 Å². The Balaban J connectivity index is 2.20. The van der Waals surface area contributed by atoms with Gasteiger partial charge in [0.2, 0.25) is 0 Å². The predicted molar refractivity (Wildman–Crippen MR) is 80.8 cm³/mol. The van der Waals surface area contributed by atoms with Crippen molar-refractivity contribution in [3.63, 3.8) is 0 Å². The molecule has 1 saturated heterocycles. The number of nitrogens with zero attached hydrogens (tertiary/aromatic N) is 1. The highest BCUT2D eigenvalue weighted by Crippen LogP contribution is 2.30. The number of esters is 1. The van der Waals surface area contributed by atoms with Crippen LogP contribution in [0.1, 0.15) is 44.2 Å². The van der Waals surface area contributed by atoms with Crippen LogP contribution in [0.5, 0.6) is 0 Å². The predicted octanol–water partition coefficient (Wildman–Crippen LogP) is 3.96. The van der Waals surface area contributed by atoms with Crippen molar-refractivity contribution in [3.8, 4) is 0 Å². The molecule has 1 aliphatic heterocycles. The minimum Gasteiger partial charge on any atom is -0.466 e. The summed E-state index contributed by atoms with van der Waals surface area (Å²) >= 11 is 5.88. The van der Waals surface area contributed by atoms with Crippen LogP contribution in [-0.4, -0.2) is 30.6 Å². The zero-order chi connectivity index (χ0) is 15.2. The second kappa shape index (κ2) is 7.76. The molecule has 1 aliphatic rings. The minimum atomic E-state index is -0.436. The Morgan fingerprint density at radius 1 is 1.38 bits per heavy atom. The van der Waals surface area contributed by atoms with Gasteiger partial charge in [0.25, 0.3) is 0 Å². The number of piperidine rings is 1. The van der Waals surface area contributed by atoms with Crippen molar-refractivity contribution < 1.29 is 13.9 Å². The van der Waals surface area contributed by atoms with Crippen LogP contribution in [0, 0.1) is 5.82 Å². The first kappa shape index (κ1) is 16.2. The van der Waals surface area contributed by atoms with E-state index in [1.165, 1.54) is 12.5 Å². The third-order valence-corrected chi connectivity index (χ3v) is 4.11. The summed E-state index contributed by atoms with van der Waals surface area (Å²) in [6.07, 6.45) is 3.73. The maximum atomic E-state index is 13.4. The van der Waals surface area contributed by atoms with Crippen LogP contribution in [0.2, 0.25) is 5.02 Å². The average molecular weight is 314 g/mol. The average Bonchev–Trinajstić information content (AvgIpc) is 2.49. The number of carbonyl (C=O) groups is 1. The molecule has 0 N–H and O–H groups in total. The molecular weight excluding hydrogens is 293 g/mol. The zero-order valence-corrected chi connectivity index (χ0v) is 13.0. The SMILES string of the molecule is CCOC(=O)CC(c1ccc(F)c(Cl)c1)N1CCCCC1. The number of benzene rings is 1. The molecule has 1 aromatic rings. The molecule has 0 spiro atoms. The second-order valence-corrected chi connectivity index (χ2v) is 5.70. The number of likely N-dealkylation sites (tertiary alicyclic amines) is 1. The number of ether oxygens (including phenoxy) is 1. The maximum Gasteiger partial charge on any atom is 0.307 e. The smallest absolute Gasteiger partial charge is 0.307 e. The fourth-order valence-electron chi connectivity index (χ4n) is 2.79. The maximum absolute atomic E-state index is 13.4. The highest BCUT2D eigenvalue weighted by molar-refractivity contribution is 6.30. The first-order chi connectivity index (χ1) is 10.1. The first-order valence-corrected chi connectivity index (χ1v) is 7.84. The van der Waals surface area contributed by atoms with Crippen LogP contribution >= 0.6 is 11.6 Å². The second-order valence-electron chi connectivity index (χ2n) is 5.30. The number of hydrogen-bond donors (Lipinski definition) is 0. The van der Waals surface area contributed by atoms with Gasteiger partial charge in [0.15, 0.2) is 0 Å². The molecule has 0 amide bonds. The lowest BCUT2D eigenvalue weighted by atomic mass is 9.99. The van der Waals surface area contributed by atoms with Crippen molar-refractivity contribution in [2.24, 2.45) is 0 Å². The van der Waals surface area contributed by atoms with Crippen molar-refractivity contribution in [2.45, 2.75) is 38.6 Å². The van der Waals surface area contributed by atoms with Crippen LogP contribution < -0.4 is 0 Å². The Hall–Kier alpha value is -1.13. The molecule has 1 atom stereocenters. The zero-order valence-electron chi connectivity index (χ0n) is 12.3. The van der Waals surface area contributed by atoms with Gasteiger partial charge in [0.1, 0.15) is 5.82 Å². The van der Waals surface area contributed by atoms with Gasteiger partial charge in [-0.05, 0) is 50.6 Å². The van der Waals surface area contributed by atoms with Gasteiger partial charge in [0, 0.05) is 6.04 Å². The largest absolute Gasteiger partial charge is 0.466 e. The summed E-state index contributed by atoms with van der Waals surface area (Å²) in [5.41, 5.74) is 0.872. The molecular formula is C16H21ClFNO2. The quantitative estimate of drug-likeness (QED) is 0.771. The fraction of sp³-hybridized carbons (Fsp3) is 0.562. The van der Waals surface area contributed by atoms with E-state index < -0.39 is 5.82 Å². The summed E-state index contributed by atoms with van der Waals surface area (Å²) in [7, 11) is 0. The van der Waals surface area contributed by atoms with E-state index in [4.69, 9.17) is 16.3 Å². The molecule has 5 heteroatoms. The number of hydrogen-bond acceptors (Lipinski definition) is 3. The van der Waals surface area contributed by atoms with Crippen LogP contribution in [0.3, 0.4) is 0 Å². The minimum absolute atomic E-state index is 0.0950. The molecule has 116 valence electrons. The molecule has 1 aromatic carbocycles. The summed E-state index contributed by atoms with van der Waals surface area (Å²) in [5, 5.41) is 0.0957. The summed E-state index contributed by atoms with van der Waals surface area (Å²) in [6, 6.07) is 4.59. The highest BCUT2D eigenvalue weighted by Gasteiger charge is 2.25. The van der Waals surface area contributed by atoms with Crippen LogP contribution in [0.4, 0.5) is 4.39 Å². The Morgan fingerprint density at radius 3 is 2.71 bits per heavy atom. The van der Waals surface area contributed by atoms with Gasteiger partial charge in [-0.3, -0.25) is 9.69 Å².